The molecule has 1 atom stereocenters. The van der Waals surface area contributed by atoms with Crippen LogP contribution in [0.1, 0.15) is 50.6 Å². The zero-order valence-electron chi connectivity index (χ0n) is 21.2. The highest BCUT2D eigenvalue weighted by Gasteiger charge is 2.19. The van der Waals surface area contributed by atoms with Crippen molar-refractivity contribution < 1.29 is 19.2 Å². The van der Waals surface area contributed by atoms with Crippen molar-refractivity contribution in [2.75, 3.05) is 0 Å². The number of aromatic carboxylic acids is 1. The number of hydrogen-bond acceptors (Lipinski definition) is 4. The summed E-state index contributed by atoms with van der Waals surface area (Å²) in [7, 11) is 0. The maximum atomic E-state index is 13.7. The second-order valence-corrected chi connectivity index (χ2v) is 9.58. The van der Waals surface area contributed by atoms with Crippen molar-refractivity contribution in [2.24, 2.45) is 0 Å². The highest BCUT2D eigenvalue weighted by Crippen LogP contribution is 2.26. The molecule has 192 valence electrons. The Balaban J connectivity index is 1.38. The van der Waals surface area contributed by atoms with E-state index in [2.05, 4.69) is 40.8 Å². The van der Waals surface area contributed by atoms with Crippen molar-refractivity contribution in [1.29, 1.82) is 0 Å². The standard InChI is InChI=1S/C32H25N3O4/c1-20(22-8-10-24(11-9-22)32(37)38)33-31(36)30-19-26(29-14-15-39-34-29)18-28-13-12-27(35(28)30)17-21-6-7-23-4-2-3-5-25(23)16-21/h2-16,18-20H,17H2,1H3,(H,33,36)(H,37,38)/t20-/m0/s1. The number of rotatable bonds is 7. The summed E-state index contributed by atoms with van der Waals surface area (Å²) < 4.78 is 7.03. The van der Waals surface area contributed by atoms with Gasteiger partial charge in [0.2, 0.25) is 0 Å². The van der Waals surface area contributed by atoms with Crippen molar-refractivity contribution in [3.05, 3.63) is 131 Å². The van der Waals surface area contributed by atoms with E-state index in [9.17, 15) is 14.7 Å². The fraction of sp³-hybridized carbons (Fsp3) is 0.0938. The van der Waals surface area contributed by atoms with Gasteiger partial charge in [-0.05, 0) is 65.2 Å². The molecule has 2 N–H and O–H groups in total. The van der Waals surface area contributed by atoms with E-state index in [1.165, 1.54) is 29.2 Å². The lowest BCUT2D eigenvalue weighted by atomic mass is 10.0. The molecule has 7 heteroatoms. The molecule has 7 nitrogen and oxygen atoms in total. The zero-order chi connectivity index (χ0) is 26.9. The van der Waals surface area contributed by atoms with Gasteiger partial charge in [0, 0.05) is 29.3 Å². The fourth-order valence-corrected chi connectivity index (χ4v) is 4.96. The Labute approximate surface area is 224 Å². The maximum Gasteiger partial charge on any atom is 0.335 e. The number of carboxylic acid groups (broad SMARTS) is 1. The molecule has 3 aromatic heterocycles. The molecule has 0 saturated heterocycles. The fourth-order valence-electron chi connectivity index (χ4n) is 4.96. The predicted octanol–water partition coefficient (Wildman–Crippen LogP) is 6.53. The summed E-state index contributed by atoms with van der Waals surface area (Å²) in [6.07, 6.45) is 2.15. The molecule has 1 amide bonds. The summed E-state index contributed by atoms with van der Waals surface area (Å²) in [6.45, 7) is 1.87. The van der Waals surface area contributed by atoms with Crippen molar-refractivity contribution in [3.8, 4) is 11.3 Å². The molecule has 6 aromatic rings. The molecule has 0 radical (unpaired) electrons. The first kappa shape index (κ1) is 24.2. The van der Waals surface area contributed by atoms with Crippen LogP contribution in [0, 0.1) is 0 Å². The van der Waals surface area contributed by atoms with Gasteiger partial charge in [0.05, 0.1) is 11.6 Å². The van der Waals surface area contributed by atoms with Gasteiger partial charge in [-0.2, -0.15) is 0 Å². The number of nitrogens with one attached hydrogen (secondary N) is 1. The molecule has 0 bridgehead atoms. The Morgan fingerprint density at radius 2 is 1.72 bits per heavy atom. The molecular weight excluding hydrogens is 490 g/mol. The first-order valence-electron chi connectivity index (χ1n) is 12.6. The van der Waals surface area contributed by atoms with Gasteiger partial charge in [0.25, 0.3) is 5.91 Å². The van der Waals surface area contributed by atoms with Crippen LogP contribution in [0.2, 0.25) is 0 Å². The zero-order valence-corrected chi connectivity index (χ0v) is 21.2. The summed E-state index contributed by atoms with van der Waals surface area (Å²) >= 11 is 0. The number of fused-ring (bicyclic) bond motifs is 2. The minimum absolute atomic E-state index is 0.199. The van der Waals surface area contributed by atoms with Crippen LogP contribution in [0.25, 0.3) is 27.5 Å². The molecule has 6 rings (SSSR count). The second-order valence-electron chi connectivity index (χ2n) is 9.58. The minimum Gasteiger partial charge on any atom is -0.478 e. The topological polar surface area (TPSA) is 96.8 Å². The van der Waals surface area contributed by atoms with Crippen LogP contribution >= 0.6 is 0 Å². The lowest BCUT2D eigenvalue weighted by Crippen LogP contribution is -2.28. The van der Waals surface area contributed by atoms with Gasteiger partial charge in [-0.1, -0.05) is 59.8 Å². The van der Waals surface area contributed by atoms with Gasteiger partial charge >= 0.3 is 5.97 Å². The summed E-state index contributed by atoms with van der Waals surface area (Å²) in [4.78, 5) is 25.0. The molecule has 3 aromatic carbocycles. The number of nitrogens with zero attached hydrogens (tertiary/aromatic N) is 2. The van der Waals surface area contributed by atoms with Crippen LogP contribution in [0.5, 0.6) is 0 Å². The molecule has 0 aliphatic carbocycles. The number of benzene rings is 3. The van der Waals surface area contributed by atoms with E-state index >= 15 is 0 Å². The third kappa shape index (κ3) is 4.78. The van der Waals surface area contributed by atoms with Crippen LogP contribution in [0.4, 0.5) is 0 Å². The molecule has 0 saturated carbocycles. The number of carbonyl (C=O) groups excluding carboxylic acids is 1. The van der Waals surface area contributed by atoms with Crippen molar-refractivity contribution >= 4 is 28.2 Å². The van der Waals surface area contributed by atoms with Gasteiger partial charge < -0.3 is 19.3 Å². The normalized spacial score (nSPS) is 12.0. The number of carbonyl (C=O) groups is 2. The summed E-state index contributed by atoms with van der Waals surface area (Å²) in [5.41, 5.74) is 5.89. The molecule has 0 fully saturated rings. The highest BCUT2D eigenvalue weighted by atomic mass is 16.5. The first-order valence-corrected chi connectivity index (χ1v) is 12.6. The Kier molecular flexibility index (Phi) is 6.17. The van der Waals surface area contributed by atoms with Crippen LogP contribution in [0.15, 0.2) is 108 Å². The minimum atomic E-state index is -0.989. The largest absolute Gasteiger partial charge is 0.478 e. The average molecular weight is 516 g/mol. The highest BCUT2D eigenvalue weighted by molar-refractivity contribution is 5.95. The molecule has 0 aliphatic heterocycles. The monoisotopic (exact) mass is 515 g/mol. The van der Waals surface area contributed by atoms with E-state index in [-0.39, 0.29) is 17.5 Å². The maximum absolute atomic E-state index is 13.7. The van der Waals surface area contributed by atoms with Crippen molar-refractivity contribution in [2.45, 2.75) is 19.4 Å². The Bertz CT molecular complexity index is 1820. The molecule has 0 aliphatic rings. The number of hydrogen-bond donors (Lipinski definition) is 2. The third-order valence-electron chi connectivity index (χ3n) is 7.00. The summed E-state index contributed by atoms with van der Waals surface area (Å²) in [5.74, 6) is -1.24. The lowest BCUT2D eigenvalue weighted by Gasteiger charge is -2.17. The number of aromatic nitrogens is 2. The van der Waals surface area contributed by atoms with E-state index in [0.717, 1.165) is 27.9 Å². The van der Waals surface area contributed by atoms with E-state index < -0.39 is 5.97 Å². The molecule has 0 spiro atoms. The molecule has 39 heavy (non-hydrogen) atoms. The van der Waals surface area contributed by atoms with Gasteiger partial charge in [-0.25, -0.2) is 4.79 Å². The van der Waals surface area contributed by atoms with Gasteiger partial charge in [-0.3, -0.25) is 4.79 Å². The quantitative estimate of drug-likeness (QED) is 0.252. The Morgan fingerprint density at radius 3 is 2.46 bits per heavy atom. The molecule has 0 unspecified atom stereocenters. The number of carboxylic acids is 1. The van der Waals surface area contributed by atoms with E-state index in [4.69, 9.17) is 4.52 Å². The lowest BCUT2D eigenvalue weighted by molar-refractivity contribution is 0.0696. The SMILES string of the molecule is C[C@H](NC(=O)c1cc(-c2ccon2)cc2ccc(Cc3ccc4ccccc4c3)n12)c1ccc(C(=O)O)cc1. The van der Waals surface area contributed by atoms with Gasteiger partial charge in [0.15, 0.2) is 0 Å². The van der Waals surface area contributed by atoms with Gasteiger partial charge in [-0.15, -0.1) is 0 Å². The molecule has 3 heterocycles. The average Bonchev–Trinajstić information content (AvgIpc) is 3.63. The van der Waals surface area contributed by atoms with Crippen LogP contribution < -0.4 is 5.32 Å². The van der Waals surface area contributed by atoms with Gasteiger partial charge in [0.1, 0.15) is 17.7 Å². The van der Waals surface area contributed by atoms with Crippen LogP contribution in [0.3, 0.4) is 0 Å². The first-order chi connectivity index (χ1) is 19.0. The van der Waals surface area contributed by atoms with E-state index in [0.29, 0.717) is 17.8 Å². The smallest absolute Gasteiger partial charge is 0.335 e. The Morgan fingerprint density at radius 1 is 0.923 bits per heavy atom. The van der Waals surface area contributed by atoms with Crippen LogP contribution in [-0.2, 0) is 6.42 Å². The van der Waals surface area contributed by atoms with E-state index in [1.807, 2.05) is 47.7 Å². The summed E-state index contributed by atoms with van der Waals surface area (Å²) in [5, 5.41) is 18.7. The van der Waals surface area contributed by atoms with E-state index in [1.54, 1.807) is 18.2 Å². The Hall–Kier alpha value is -5.17. The summed E-state index contributed by atoms with van der Waals surface area (Å²) in [6, 6.07) is 30.5. The van der Waals surface area contributed by atoms with Crippen LogP contribution in [-0.4, -0.2) is 26.5 Å². The van der Waals surface area contributed by atoms with Crippen molar-refractivity contribution in [1.82, 2.24) is 14.9 Å². The number of amides is 1. The second kappa shape index (κ2) is 9.95. The number of pyridine rings is 1. The third-order valence-corrected chi connectivity index (χ3v) is 7.00. The molecular formula is C32H25N3O4. The van der Waals surface area contributed by atoms with Crippen molar-refractivity contribution in [3.63, 3.8) is 0 Å². The predicted molar refractivity (Wildman–Crippen MR) is 149 cm³/mol.